The summed E-state index contributed by atoms with van der Waals surface area (Å²) in [4.78, 5) is 14.9. The molecule has 1 amide bonds. The SMILES string of the molecule is CCOc1cc(N2CCOCC2)c(OCC)cc1NC(=O)CN[C@H](C)c1ccccc1. The molecule has 0 saturated carbocycles. The Morgan fingerprint density at radius 3 is 2.42 bits per heavy atom. The molecular weight excluding hydrogens is 394 g/mol. The lowest BCUT2D eigenvalue weighted by molar-refractivity contribution is -0.115. The van der Waals surface area contributed by atoms with Gasteiger partial charge in [-0.05, 0) is 26.3 Å². The van der Waals surface area contributed by atoms with E-state index in [4.69, 9.17) is 14.2 Å². The summed E-state index contributed by atoms with van der Waals surface area (Å²) >= 11 is 0. The van der Waals surface area contributed by atoms with Crippen LogP contribution in [0, 0.1) is 0 Å². The third kappa shape index (κ3) is 6.35. The molecule has 7 heteroatoms. The van der Waals surface area contributed by atoms with Gasteiger partial charge in [-0.3, -0.25) is 4.79 Å². The summed E-state index contributed by atoms with van der Waals surface area (Å²) in [5.74, 6) is 1.23. The van der Waals surface area contributed by atoms with Gasteiger partial charge in [0, 0.05) is 31.3 Å². The van der Waals surface area contributed by atoms with Crippen molar-refractivity contribution in [3.05, 3.63) is 48.0 Å². The van der Waals surface area contributed by atoms with Gasteiger partial charge in [0.1, 0.15) is 11.5 Å². The number of hydrogen-bond acceptors (Lipinski definition) is 6. The van der Waals surface area contributed by atoms with Gasteiger partial charge in [0.25, 0.3) is 0 Å². The fraction of sp³-hybridized carbons (Fsp3) is 0.458. The maximum atomic E-state index is 12.7. The lowest BCUT2D eigenvalue weighted by atomic mass is 10.1. The van der Waals surface area contributed by atoms with Crippen molar-refractivity contribution >= 4 is 17.3 Å². The number of carbonyl (C=O) groups excluding carboxylic acids is 1. The molecule has 0 spiro atoms. The number of nitrogens with zero attached hydrogens (tertiary/aromatic N) is 1. The van der Waals surface area contributed by atoms with Crippen LogP contribution in [0.25, 0.3) is 0 Å². The molecule has 2 aromatic rings. The number of hydrogen-bond donors (Lipinski definition) is 2. The van der Waals surface area contributed by atoms with Crippen LogP contribution in [0.15, 0.2) is 42.5 Å². The second kappa shape index (κ2) is 11.6. The number of morpholine rings is 1. The Morgan fingerprint density at radius 1 is 1.06 bits per heavy atom. The highest BCUT2D eigenvalue weighted by Crippen LogP contribution is 2.39. The summed E-state index contributed by atoms with van der Waals surface area (Å²) in [5, 5.41) is 6.25. The Bertz CT molecular complexity index is 838. The monoisotopic (exact) mass is 427 g/mol. The first-order chi connectivity index (χ1) is 15.1. The zero-order valence-corrected chi connectivity index (χ0v) is 18.6. The predicted molar refractivity (Wildman–Crippen MR) is 123 cm³/mol. The lowest BCUT2D eigenvalue weighted by Crippen LogP contribution is -2.36. The van der Waals surface area contributed by atoms with Crippen LogP contribution in [-0.4, -0.2) is 52.0 Å². The second-order valence-corrected chi connectivity index (χ2v) is 7.34. The molecule has 1 heterocycles. The smallest absolute Gasteiger partial charge is 0.238 e. The summed E-state index contributed by atoms with van der Waals surface area (Å²) in [5.41, 5.74) is 2.71. The highest BCUT2D eigenvalue weighted by Gasteiger charge is 2.20. The molecule has 1 saturated heterocycles. The number of benzene rings is 2. The Balaban J connectivity index is 1.73. The van der Waals surface area contributed by atoms with E-state index in [0.29, 0.717) is 37.9 Å². The van der Waals surface area contributed by atoms with Crippen LogP contribution in [0.2, 0.25) is 0 Å². The number of carbonyl (C=O) groups is 1. The number of nitrogens with one attached hydrogen (secondary N) is 2. The van der Waals surface area contributed by atoms with Gasteiger partial charge in [-0.2, -0.15) is 0 Å². The molecular formula is C24H33N3O4. The molecule has 7 nitrogen and oxygen atoms in total. The molecule has 1 atom stereocenters. The summed E-state index contributed by atoms with van der Waals surface area (Å²) in [6, 6.07) is 13.9. The Morgan fingerprint density at radius 2 is 1.74 bits per heavy atom. The van der Waals surface area contributed by atoms with Crippen molar-refractivity contribution in [1.82, 2.24) is 5.32 Å². The Hall–Kier alpha value is -2.77. The van der Waals surface area contributed by atoms with Crippen molar-refractivity contribution in [2.75, 3.05) is 56.3 Å². The van der Waals surface area contributed by atoms with Crippen LogP contribution >= 0.6 is 0 Å². The predicted octanol–water partition coefficient (Wildman–Crippen LogP) is 3.61. The fourth-order valence-corrected chi connectivity index (χ4v) is 3.54. The minimum absolute atomic E-state index is 0.0704. The number of anilines is 2. The van der Waals surface area contributed by atoms with Crippen molar-refractivity contribution in [2.24, 2.45) is 0 Å². The fourth-order valence-electron chi connectivity index (χ4n) is 3.54. The Kier molecular flexibility index (Phi) is 8.55. The zero-order chi connectivity index (χ0) is 22.1. The van der Waals surface area contributed by atoms with E-state index in [9.17, 15) is 4.79 Å². The average molecular weight is 428 g/mol. The van der Waals surface area contributed by atoms with Gasteiger partial charge in [-0.25, -0.2) is 0 Å². The lowest BCUT2D eigenvalue weighted by Gasteiger charge is -2.31. The van der Waals surface area contributed by atoms with Gasteiger partial charge < -0.3 is 29.7 Å². The molecule has 1 aliphatic heterocycles. The molecule has 1 aliphatic rings. The van der Waals surface area contributed by atoms with Crippen LogP contribution in [0.4, 0.5) is 11.4 Å². The number of rotatable bonds is 10. The van der Waals surface area contributed by atoms with Gasteiger partial charge in [-0.1, -0.05) is 30.3 Å². The zero-order valence-electron chi connectivity index (χ0n) is 18.6. The summed E-state index contributed by atoms with van der Waals surface area (Å²) < 4.78 is 17.2. The first-order valence-electron chi connectivity index (χ1n) is 11.0. The van der Waals surface area contributed by atoms with Crippen LogP contribution in [0.1, 0.15) is 32.4 Å². The molecule has 0 unspecified atom stereocenters. The van der Waals surface area contributed by atoms with Crippen molar-refractivity contribution in [3.63, 3.8) is 0 Å². The molecule has 2 N–H and O–H groups in total. The van der Waals surface area contributed by atoms with Crippen molar-refractivity contribution in [1.29, 1.82) is 0 Å². The van der Waals surface area contributed by atoms with E-state index in [1.807, 2.05) is 63.2 Å². The second-order valence-electron chi connectivity index (χ2n) is 7.34. The molecule has 0 aliphatic carbocycles. The highest BCUT2D eigenvalue weighted by atomic mass is 16.5. The first kappa shape index (κ1) is 22.9. The highest BCUT2D eigenvalue weighted by molar-refractivity contribution is 5.94. The minimum atomic E-state index is -0.134. The van der Waals surface area contributed by atoms with Gasteiger partial charge >= 0.3 is 0 Å². The van der Waals surface area contributed by atoms with E-state index < -0.39 is 0 Å². The van der Waals surface area contributed by atoms with E-state index >= 15 is 0 Å². The quantitative estimate of drug-likeness (QED) is 0.604. The number of amides is 1. The van der Waals surface area contributed by atoms with Gasteiger partial charge in [-0.15, -0.1) is 0 Å². The minimum Gasteiger partial charge on any atom is -0.492 e. The average Bonchev–Trinajstić information content (AvgIpc) is 2.80. The molecule has 3 rings (SSSR count). The first-order valence-corrected chi connectivity index (χ1v) is 11.0. The van der Waals surface area contributed by atoms with E-state index in [-0.39, 0.29) is 18.5 Å². The van der Waals surface area contributed by atoms with Crippen molar-refractivity contribution in [3.8, 4) is 11.5 Å². The van der Waals surface area contributed by atoms with E-state index in [0.717, 1.165) is 30.1 Å². The maximum absolute atomic E-state index is 12.7. The van der Waals surface area contributed by atoms with Gasteiger partial charge in [0.15, 0.2) is 0 Å². The number of ether oxygens (including phenoxy) is 3. The normalized spacial score (nSPS) is 14.7. The third-order valence-electron chi connectivity index (χ3n) is 5.16. The molecule has 0 aromatic heterocycles. The molecule has 0 bridgehead atoms. The van der Waals surface area contributed by atoms with Gasteiger partial charge in [0.05, 0.1) is 44.3 Å². The summed E-state index contributed by atoms with van der Waals surface area (Å²) in [6.45, 7) is 10.1. The topological polar surface area (TPSA) is 72.1 Å². The largest absolute Gasteiger partial charge is 0.492 e. The van der Waals surface area contributed by atoms with Gasteiger partial charge in [0.2, 0.25) is 5.91 Å². The van der Waals surface area contributed by atoms with Crippen LogP contribution in [-0.2, 0) is 9.53 Å². The summed E-state index contributed by atoms with van der Waals surface area (Å²) in [6.07, 6.45) is 0. The molecule has 168 valence electrons. The molecule has 2 aromatic carbocycles. The van der Waals surface area contributed by atoms with E-state index in [1.54, 1.807) is 0 Å². The Labute approximate surface area is 184 Å². The van der Waals surface area contributed by atoms with Crippen LogP contribution < -0.4 is 25.0 Å². The van der Waals surface area contributed by atoms with Crippen molar-refractivity contribution in [2.45, 2.75) is 26.8 Å². The van der Waals surface area contributed by atoms with Crippen LogP contribution in [0.3, 0.4) is 0 Å². The molecule has 1 fully saturated rings. The van der Waals surface area contributed by atoms with E-state index in [2.05, 4.69) is 15.5 Å². The maximum Gasteiger partial charge on any atom is 0.238 e. The van der Waals surface area contributed by atoms with E-state index in [1.165, 1.54) is 0 Å². The molecule has 31 heavy (non-hydrogen) atoms. The van der Waals surface area contributed by atoms with Crippen LogP contribution in [0.5, 0.6) is 11.5 Å². The summed E-state index contributed by atoms with van der Waals surface area (Å²) in [7, 11) is 0. The third-order valence-corrected chi connectivity index (χ3v) is 5.16. The van der Waals surface area contributed by atoms with Crippen molar-refractivity contribution < 1.29 is 19.0 Å². The molecule has 0 radical (unpaired) electrons. The standard InChI is InChI=1S/C24H33N3O4/c1-4-30-22-16-21(27-11-13-29-14-12-27)23(31-5-2)15-20(22)26-24(28)17-25-18(3)19-9-7-6-8-10-19/h6-10,15-16,18,25H,4-5,11-14,17H2,1-3H3,(H,26,28)/t18-/m1/s1.